The summed E-state index contributed by atoms with van der Waals surface area (Å²) in [4.78, 5) is 0. The average Bonchev–Trinajstić information content (AvgIpc) is 2.58. The third-order valence-electron chi connectivity index (χ3n) is 3.90. The zero-order valence-electron chi connectivity index (χ0n) is 12.5. The molecule has 0 amide bonds. The van der Waals surface area contributed by atoms with Crippen molar-refractivity contribution in [1.29, 1.82) is 0 Å². The van der Waals surface area contributed by atoms with E-state index in [0.717, 1.165) is 18.2 Å². The Morgan fingerprint density at radius 3 is 1.64 bits per heavy atom. The van der Waals surface area contributed by atoms with Gasteiger partial charge < -0.3 is 0 Å². The van der Waals surface area contributed by atoms with Crippen LogP contribution in [0.5, 0.6) is 0 Å². The van der Waals surface area contributed by atoms with E-state index in [1.165, 1.54) is 27.8 Å². The van der Waals surface area contributed by atoms with E-state index in [1.54, 1.807) is 0 Å². The molecule has 0 fully saturated rings. The lowest BCUT2D eigenvalue weighted by Gasteiger charge is -2.12. The van der Waals surface area contributed by atoms with E-state index in [0.29, 0.717) is 0 Å². The maximum absolute atomic E-state index is 3.57. The third-order valence-corrected chi connectivity index (χ3v) is 4.55. The number of rotatable bonds is 5. The van der Waals surface area contributed by atoms with E-state index < -0.39 is 0 Å². The molecule has 0 atom stereocenters. The van der Waals surface area contributed by atoms with Crippen molar-refractivity contribution in [2.75, 3.05) is 0 Å². The molecule has 0 spiro atoms. The lowest BCUT2D eigenvalue weighted by atomic mass is 9.94. The van der Waals surface area contributed by atoms with Crippen LogP contribution in [-0.4, -0.2) is 0 Å². The molecule has 0 aliphatic heterocycles. The maximum Gasteiger partial charge on any atom is 0.0283 e. The number of hydrogen-bond acceptors (Lipinski definition) is 0. The molecular formula is C21H19Br. The van der Waals surface area contributed by atoms with Gasteiger partial charge in [-0.1, -0.05) is 94.8 Å². The standard InChI is InChI=1S/C21H19Br/c22-16-19-11-12-20(13-17-7-3-1-4-8-17)21(15-19)14-18-9-5-2-6-10-18/h1-12,15H,13-14,16H2. The predicted octanol–water partition coefficient (Wildman–Crippen LogP) is 5.76. The van der Waals surface area contributed by atoms with Crippen LogP contribution >= 0.6 is 15.9 Å². The number of benzene rings is 3. The van der Waals surface area contributed by atoms with Gasteiger partial charge in [0.2, 0.25) is 0 Å². The van der Waals surface area contributed by atoms with Crippen molar-refractivity contribution in [1.82, 2.24) is 0 Å². The van der Waals surface area contributed by atoms with Gasteiger partial charge >= 0.3 is 0 Å². The van der Waals surface area contributed by atoms with Crippen molar-refractivity contribution < 1.29 is 0 Å². The number of alkyl halides is 1. The highest BCUT2D eigenvalue weighted by molar-refractivity contribution is 9.08. The van der Waals surface area contributed by atoms with Gasteiger partial charge in [0.1, 0.15) is 0 Å². The fraction of sp³-hybridized carbons (Fsp3) is 0.143. The van der Waals surface area contributed by atoms with Crippen molar-refractivity contribution in [3.8, 4) is 0 Å². The van der Waals surface area contributed by atoms with Gasteiger partial charge in [-0.15, -0.1) is 0 Å². The number of halogens is 1. The van der Waals surface area contributed by atoms with Gasteiger partial charge in [-0.2, -0.15) is 0 Å². The molecule has 0 nitrogen and oxygen atoms in total. The second kappa shape index (κ2) is 7.42. The largest absolute Gasteiger partial charge is 0.0876 e. The molecular weight excluding hydrogens is 332 g/mol. The fourth-order valence-electron chi connectivity index (χ4n) is 2.73. The van der Waals surface area contributed by atoms with E-state index in [2.05, 4.69) is 94.8 Å². The van der Waals surface area contributed by atoms with Crippen LogP contribution in [0.25, 0.3) is 0 Å². The summed E-state index contributed by atoms with van der Waals surface area (Å²) in [6.07, 6.45) is 1.98. The van der Waals surface area contributed by atoms with Crippen LogP contribution in [0.1, 0.15) is 27.8 Å². The Bertz CT molecular complexity index is 717. The van der Waals surface area contributed by atoms with E-state index >= 15 is 0 Å². The zero-order valence-corrected chi connectivity index (χ0v) is 14.1. The molecule has 0 bridgehead atoms. The van der Waals surface area contributed by atoms with Gasteiger partial charge in [0.05, 0.1) is 0 Å². The van der Waals surface area contributed by atoms with E-state index in [9.17, 15) is 0 Å². The molecule has 1 heteroatoms. The van der Waals surface area contributed by atoms with Crippen LogP contribution < -0.4 is 0 Å². The normalized spacial score (nSPS) is 10.6. The molecule has 0 saturated carbocycles. The lowest BCUT2D eigenvalue weighted by Crippen LogP contribution is -1.98. The molecule has 0 radical (unpaired) electrons. The molecule has 0 aromatic heterocycles. The first-order valence-electron chi connectivity index (χ1n) is 7.59. The van der Waals surface area contributed by atoms with E-state index in [4.69, 9.17) is 0 Å². The summed E-state index contributed by atoms with van der Waals surface area (Å²) in [5, 5.41) is 0.903. The highest BCUT2D eigenvalue weighted by Gasteiger charge is 2.06. The molecule has 22 heavy (non-hydrogen) atoms. The second-order valence-electron chi connectivity index (χ2n) is 5.56. The Labute approximate surface area is 141 Å². The minimum absolute atomic E-state index is 0.903. The second-order valence-corrected chi connectivity index (χ2v) is 6.12. The smallest absolute Gasteiger partial charge is 0.0283 e. The van der Waals surface area contributed by atoms with Gasteiger partial charge in [0, 0.05) is 5.33 Å². The fourth-order valence-corrected chi connectivity index (χ4v) is 3.08. The van der Waals surface area contributed by atoms with Crippen molar-refractivity contribution in [2.24, 2.45) is 0 Å². The van der Waals surface area contributed by atoms with Gasteiger partial charge in [0.15, 0.2) is 0 Å². The van der Waals surface area contributed by atoms with Crippen LogP contribution in [0, 0.1) is 0 Å². The first-order valence-corrected chi connectivity index (χ1v) is 8.72. The first kappa shape index (κ1) is 15.1. The molecule has 110 valence electrons. The van der Waals surface area contributed by atoms with Crippen LogP contribution in [0.15, 0.2) is 78.9 Å². The molecule has 0 heterocycles. The van der Waals surface area contributed by atoms with Gasteiger partial charge in [-0.3, -0.25) is 0 Å². The molecule has 0 unspecified atom stereocenters. The Morgan fingerprint density at radius 1 is 0.545 bits per heavy atom. The topological polar surface area (TPSA) is 0 Å². The van der Waals surface area contributed by atoms with Crippen LogP contribution in [0.2, 0.25) is 0 Å². The van der Waals surface area contributed by atoms with Crippen molar-refractivity contribution in [3.63, 3.8) is 0 Å². The summed E-state index contributed by atoms with van der Waals surface area (Å²) in [7, 11) is 0. The summed E-state index contributed by atoms with van der Waals surface area (Å²) in [5.74, 6) is 0. The third kappa shape index (κ3) is 3.86. The Balaban J connectivity index is 1.91. The van der Waals surface area contributed by atoms with Crippen molar-refractivity contribution >= 4 is 15.9 Å². The quantitative estimate of drug-likeness (QED) is 0.513. The van der Waals surface area contributed by atoms with Crippen molar-refractivity contribution in [2.45, 2.75) is 18.2 Å². The molecule has 3 aromatic carbocycles. The van der Waals surface area contributed by atoms with Gasteiger partial charge in [0.25, 0.3) is 0 Å². The number of hydrogen-bond donors (Lipinski definition) is 0. The molecule has 3 aromatic rings. The molecule has 0 aliphatic rings. The van der Waals surface area contributed by atoms with Crippen LogP contribution in [0.3, 0.4) is 0 Å². The van der Waals surface area contributed by atoms with E-state index in [-0.39, 0.29) is 0 Å². The first-order chi connectivity index (χ1) is 10.8. The molecule has 0 aliphatic carbocycles. The van der Waals surface area contributed by atoms with Crippen molar-refractivity contribution in [3.05, 3.63) is 107 Å². The Morgan fingerprint density at radius 2 is 1.09 bits per heavy atom. The maximum atomic E-state index is 3.57. The average molecular weight is 351 g/mol. The summed E-state index contributed by atoms with van der Waals surface area (Å²) in [6.45, 7) is 0. The minimum Gasteiger partial charge on any atom is -0.0876 e. The van der Waals surface area contributed by atoms with E-state index in [1.807, 2.05) is 0 Å². The summed E-state index contributed by atoms with van der Waals surface area (Å²) >= 11 is 3.57. The minimum atomic E-state index is 0.903. The Hall–Kier alpha value is -1.86. The summed E-state index contributed by atoms with van der Waals surface area (Å²) in [5.41, 5.74) is 6.90. The van der Waals surface area contributed by atoms with Crippen LogP contribution in [0.4, 0.5) is 0 Å². The lowest BCUT2D eigenvalue weighted by molar-refractivity contribution is 1.08. The van der Waals surface area contributed by atoms with Gasteiger partial charge in [-0.25, -0.2) is 0 Å². The monoisotopic (exact) mass is 350 g/mol. The molecule has 0 N–H and O–H groups in total. The predicted molar refractivity (Wildman–Crippen MR) is 97.6 cm³/mol. The Kier molecular flexibility index (Phi) is 5.07. The highest BCUT2D eigenvalue weighted by atomic mass is 79.9. The summed E-state index contributed by atoms with van der Waals surface area (Å²) in [6, 6.07) is 28.2. The van der Waals surface area contributed by atoms with Gasteiger partial charge in [-0.05, 0) is 40.7 Å². The SMILES string of the molecule is BrCc1ccc(Cc2ccccc2)c(Cc2ccccc2)c1. The molecule has 0 saturated heterocycles. The van der Waals surface area contributed by atoms with Crippen LogP contribution in [-0.2, 0) is 18.2 Å². The zero-order chi connectivity index (χ0) is 15.2. The summed E-state index contributed by atoms with van der Waals surface area (Å²) < 4.78 is 0. The highest BCUT2D eigenvalue weighted by Crippen LogP contribution is 2.21. The molecule has 3 rings (SSSR count).